The summed E-state index contributed by atoms with van der Waals surface area (Å²) in [7, 11) is 0. The second kappa shape index (κ2) is 7.19. The minimum atomic E-state index is -0.241. The number of carbonyl (C=O) groups is 2. The first-order valence-electron chi connectivity index (χ1n) is 6.79. The first-order chi connectivity index (χ1) is 11.0. The van der Waals surface area contributed by atoms with Crippen molar-refractivity contribution in [3.63, 3.8) is 0 Å². The molecule has 1 saturated heterocycles. The van der Waals surface area contributed by atoms with Crippen LogP contribution in [0.4, 0.5) is 4.79 Å². The fourth-order valence-corrected chi connectivity index (χ4v) is 3.73. The van der Waals surface area contributed by atoms with E-state index in [-0.39, 0.29) is 11.1 Å². The fourth-order valence-electron chi connectivity index (χ4n) is 2.14. The normalized spacial score (nSPS) is 16.4. The van der Waals surface area contributed by atoms with Gasteiger partial charge in [-0.3, -0.25) is 14.5 Å². The molecular formula is C17H11BrINO2S. The largest absolute Gasteiger partial charge is 0.293 e. The molecule has 23 heavy (non-hydrogen) atoms. The molecule has 1 aliphatic rings. The van der Waals surface area contributed by atoms with Gasteiger partial charge in [0.05, 0.1) is 11.4 Å². The third-order valence-electron chi connectivity index (χ3n) is 3.32. The average Bonchev–Trinajstić information content (AvgIpc) is 2.79. The van der Waals surface area contributed by atoms with Crippen LogP contribution < -0.4 is 0 Å². The van der Waals surface area contributed by atoms with E-state index in [2.05, 4.69) is 38.5 Å². The van der Waals surface area contributed by atoms with E-state index in [9.17, 15) is 9.59 Å². The molecule has 0 aromatic heterocycles. The van der Waals surface area contributed by atoms with Crippen molar-refractivity contribution in [2.75, 3.05) is 0 Å². The van der Waals surface area contributed by atoms with E-state index in [1.807, 2.05) is 48.5 Å². The van der Waals surface area contributed by atoms with Crippen LogP contribution >= 0.6 is 50.3 Å². The van der Waals surface area contributed by atoms with E-state index in [4.69, 9.17) is 0 Å². The van der Waals surface area contributed by atoms with Crippen LogP contribution in [0.15, 0.2) is 57.9 Å². The second-order valence-corrected chi connectivity index (χ2v) is 8.01. The standard InChI is InChI=1S/C17H11BrINO2S/c18-14-4-2-1-3-12(14)9-15-16(21)20(17(22)23-15)10-11-5-7-13(19)8-6-11/h1-9H,10H2/b15-9-. The first-order valence-corrected chi connectivity index (χ1v) is 9.48. The van der Waals surface area contributed by atoms with Crippen LogP contribution in [0, 0.1) is 3.57 Å². The number of hydrogen-bond donors (Lipinski definition) is 0. The average molecular weight is 500 g/mol. The zero-order valence-corrected chi connectivity index (χ0v) is 16.4. The highest BCUT2D eigenvalue weighted by Gasteiger charge is 2.35. The Morgan fingerprint density at radius 1 is 1.09 bits per heavy atom. The number of benzene rings is 2. The van der Waals surface area contributed by atoms with Gasteiger partial charge in [0.2, 0.25) is 0 Å². The van der Waals surface area contributed by atoms with Crippen LogP contribution in [-0.4, -0.2) is 16.0 Å². The van der Waals surface area contributed by atoms with Gasteiger partial charge in [0.15, 0.2) is 0 Å². The summed E-state index contributed by atoms with van der Waals surface area (Å²) in [5, 5.41) is -0.230. The minimum Gasteiger partial charge on any atom is -0.268 e. The maximum absolute atomic E-state index is 12.5. The van der Waals surface area contributed by atoms with Gasteiger partial charge in [-0.05, 0) is 69.8 Å². The maximum Gasteiger partial charge on any atom is 0.293 e. The van der Waals surface area contributed by atoms with Crippen LogP contribution in [0.5, 0.6) is 0 Å². The van der Waals surface area contributed by atoms with Gasteiger partial charge in [0.25, 0.3) is 11.1 Å². The molecule has 2 amide bonds. The molecule has 1 aliphatic heterocycles. The smallest absolute Gasteiger partial charge is 0.268 e. The summed E-state index contributed by atoms with van der Waals surface area (Å²) in [6, 6.07) is 15.4. The maximum atomic E-state index is 12.5. The SMILES string of the molecule is O=C1S/C(=C\c2ccccc2Br)C(=O)N1Cc1ccc(I)cc1. The van der Waals surface area contributed by atoms with Crippen molar-refractivity contribution in [1.29, 1.82) is 0 Å². The molecule has 6 heteroatoms. The lowest BCUT2D eigenvalue weighted by Gasteiger charge is -2.12. The molecule has 3 nitrogen and oxygen atoms in total. The summed E-state index contributed by atoms with van der Waals surface area (Å²) in [6.45, 7) is 0.300. The van der Waals surface area contributed by atoms with Crippen LogP contribution in [-0.2, 0) is 11.3 Å². The Bertz CT molecular complexity index is 804. The van der Waals surface area contributed by atoms with Crippen molar-refractivity contribution in [3.05, 3.63) is 72.6 Å². The zero-order chi connectivity index (χ0) is 16.4. The quantitative estimate of drug-likeness (QED) is 0.425. The lowest BCUT2D eigenvalue weighted by atomic mass is 10.2. The van der Waals surface area contributed by atoms with Crippen LogP contribution in [0.25, 0.3) is 6.08 Å². The minimum absolute atomic E-state index is 0.230. The van der Waals surface area contributed by atoms with Crippen molar-refractivity contribution in [3.8, 4) is 0 Å². The van der Waals surface area contributed by atoms with Crippen LogP contribution in [0.1, 0.15) is 11.1 Å². The predicted molar refractivity (Wildman–Crippen MR) is 105 cm³/mol. The van der Waals surface area contributed by atoms with E-state index in [1.165, 1.54) is 4.90 Å². The molecule has 0 bridgehead atoms. The Labute approximate surface area is 160 Å². The Morgan fingerprint density at radius 3 is 2.48 bits per heavy atom. The van der Waals surface area contributed by atoms with Crippen molar-refractivity contribution < 1.29 is 9.59 Å². The predicted octanol–water partition coefficient (Wildman–Crippen LogP) is 5.29. The highest BCUT2D eigenvalue weighted by atomic mass is 127. The van der Waals surface area contributed by atoms with E-state index in [0.29, 0.717) is 11.4 Å². The third kappa shape index (κ3) is 3.87. The summed E-state index contributed by atoms with van der Waals surface area (Å²) in [6.07, 6.45) is 1.75. The lowest BCUT2D eigenvalue weighted by molar-refractivity contribution is -0.123. The first kappa shape index (κ1) is 16.7. The molecule has 3 rings (SSSR count). The monoisotopic (exact) mass is 499 g/mol. The summed E-state index contributed by atoms with van der Waals surface area (Å²) in [4.78, 5) is 26.4. The number of halogens is 2. The molecule has 0 atom stereocenters. The van der Waals surface area contributed by atoms with Crippen LogP contribution in [0.3, 0.4) is 0 Å². The molecule has 0 spiro atoms. The van der Waals surface area contributed by atoms with Crippen molar-refractivity contribution >= 4 is 67.5 Å². The highest BCUT2D eigenvalue weighted by Crippen LogP contribution is 2.34. The molecule has 1 fully saturated rings. The molecule has 0 aliphatic carbocycles. The van der Waals surface area contributed by atoms with Gasteiger partial charge >= 0.3 is 0 Å². The number of amides is 2. The summed E-state index contributed by atoms with van der Waals surface area (Å²) >= 11 is 6.66. The summed E-state index contributed by atoms with van der Waals surface area (Å²) in [5.74, 6) is -0.241. The highest BCUT2D eigenvalue weighted by molar-refractivity contribution is 14.1. The number of imide groups is 1. The van der Waals surface area contributed by atoms with Gasteiger partial charge in [-0.2, -0.15) is 0 Å². The zero-order valence-electron chi connectivity index (χ0n) is 11.8. The van der Waals surface area contributed by atoms with Crippen molar-refractivity contribution in [2.24, 2.45) is 0 Å². The molecule has 2 aromatic rings. The van der Waals surface area contributed by atoms with Gasteiger partial charge in [0.1, 0.15) is 0 Å². The van der Waals surface area contributed by atoms with E-state index in [1.54, 1.807) is 6.08 Å². The van der Waals surface area contributed by atoms with Crippen LogP contribution in [0.2, 0.25) is 0 Å². The molecule has 1 heterocycles. The molecule has 0 unspecified atom stereocenters. The number of rotatable bonds is 3. The Balaban J connectivity index is 1.82. The Hall–Kier alpha value is -1.12. The van der Waals surface area contributed by atoms with Gasteiger partial charge in [0, 0.05) is 8.04 Å². The fraction of sp³-hybridized carbons (Fsp3) is 0.0588. The molecule has 116 valence electrons. The number of nitrogens with zero attached hydrogens (tertiary/aromatic N) is 1. The van der Waals surface area contributed by atoms with E-state index < -0.39 is 0 Å². The Kier molecular flexibility index (Phi) is 5.23. The summed E-state index contributed by atoms with van der Waals surface area (Å²) in [5.41, 5.74) is 1.82. The molecule has 0 saturated carbocycles. The topological polar surface area (TPSA) is 37.4 Å². The molecule has 0 N–H and O–H groups in total. The van der Waals surface area contributed by atoms with Gasteiger partial charge in [-0.1, -0.05) is 46.3 Å². The van der Waals surface area contributed by atoms with Crippen molar-refractivity contribution in [2.45, 2.75) is 6.54 Å². The second-order valence-electron chi connectivity index (χ2n) is 4.92. The Morgan fingerprint density at radius 2 is 1.78 bits per heavy atom. The number of thioether (sulfide) groups is 1. The number of carbonyl (C=O) groups excluding carboxylic acids is 2. The lowest BCUT2D eigenvalue weighted by Crippen LogP contribution is -2.27. The molecule has 2 aromatic carbocycles. The third-order valence-corrected chi connectivity index (χ3v) is 5.67. The van der Waals surface area contributed by atoms with Gasteiger partial charge < -0.3 is 0 Å². The van der Waals surface area contributed by atoms with Gasteiger partial charge in [-0.25, -0.2) is 0 Å². The number of hydrogen-bond acceptors (Lipinski definition) is 3. The van der Waals surface area contributed by atoms with Crippen molar-refractivity contribution in [1.82, 2.24) is 4.90 Å². The summed E-state index contributed by atoms with van der Waals surface area (Å²) < 4.78 is 2.01. The molecule has 0 radical (unpaired) electrons. The molecular weight excluding hydrogens is 489 g/mol. The van der Waals surface area contributed by atoms with Gasteiger partial charge in [-0.15, -0.1) is 0 Å². The van der Waals surface area contributed by atoms with E-state index >= 15 is 0 Å². The van der Waals surface area contributed by atoms with E-state index in [0.717, 1.165) is 30.9 Å².